The van der Waals surface area contributed by atoms with Crippen LogP contribution in [0.4, 0.5) is 8.78 Å². The van der Waals surface area contributed by atoms with Gasteiger partial charge in [0.15, 0.2) is 11.6 Å². The third-order valence-corrected chi connectivity index (χ3v) is 4.05. The number of aromatic amines is 1. The van der Waals surface area contributed by atoms with Crippen molar-refractivity contribution in [1.29, 1.82) is 0 Å². The van der Waals surface area contributed by atoms with Gasteiger partial charge in [-0.25, -0.2) is 22.3 Å². The van der Waals surface area contributed by atoms with Crippen LogP contribution in [0.15, 0.2) is 23.1 Å². The number of nitrogens with one attached hydrogen (secondary N) is 2. The van der Waals surface area contributed by atoms with Gasteiger partial charge in [0.2, 0.25) is 10.0 Å². The molecule has 1 heterocycles. The maximum atomic E-state index is 13.4. The molecular formula is C13H15F2N3O3S. The van der Waals surface area contributed by atoms with Crippen LogP contribution >= 0.6 is 0 Å². The van der Waals surface area contributed by atoms with Crippen LogP contribution in [0.5, 0.6) is 0 Å². The molecule has 0 fully saturated rings. The molecule has 0 spiro atoms. The molecule has 0 saturated carbocycles. The van der Waals surface area contributed by atoms with Crippen molar-refractivity contribution >= 4 is 20.8 Å². The lowest BCUT2D eigenvalue weighted by molar-refractivity contribution is 0.510. The zero-order valence-electron chi connectivity index (χ0n) is 11.7. The average Bonchev–Trinajstić information content (AvgIpc) is 2.40. The van der Waals surface area contributed by atoms with Crippen molar-refractivity contribution in [3.8, 4) is 0 Å². The lowest BCUT2D eigenvalue weighted by atomic mass is 10.0. The van der Waals surface area contributed by atoms with E-state index in [-0.39, 0.29) is 23.1 Å². The van der Waals surface area contributed by atoms with Gasteiger partial charge < -0.3 is 10.3 Å². The molecule has 22 heavy (non-hydrogen) atoms. The van der Waals surface area contributed by atoms with E-state index < -0.39 is 33.3 Å². The quantitative estimate of drug-likeness (QED) is 0.751. The molecule has 0 radical (unpaired) electrons. The highest BCUT2D eigenvalue weighted by molar-refractivity contribution is 7.89. The second kappa shape index (κ2) is 6.11. The number of pyridine rings is 1. The molecular weight excluding hydrogens is 316 g/mol. The fourth-order valence-corrected chi connectivity index (χ4v) is 2.56. The van der Waals surface area contributed by atoms with E-state index >= 15 is 0 Å². The summed E-state index contributed by atoms with van der Waals surface area (Å²) in [4.78, 5) is 14.2. The van der Waals surface area contributed by atoms with E-state index in [1.807, 2.05) is 0 Å². The van der Waals surface area contributed by atoms with Crippen molar-refractivity contribution in [3.63, 3.8) is 0 Å². The average molecular weight is 331 g/mol. The van der Waals surface area contributed by atoms with Gasteiger partial charge in [-0.2, -0.15) is 0 Å². The van der Waals surface area contributed by atoms with Crippen LogP contribution in [-0.4, -0.2) is 25.7 Å². The summed E-state index contributed by atoms with van der Waals surface area (Å²) in [5.41, 5.74) is -0.0164. The van der Waals surface area contributed by atoms with Crippen molar-refractivity contribution in [1.82, 2.24) is 10.3 Å². The normalized spacial score (nSPS) is 13.5. The summed E-state index contributed by atoms with van der Waals surface area (Å²) in [5.74, 6) is -2.43. The van der Waals surface area contributed by atoms with E-state index in [0.29, 0.717) is 5.56 Å². The van der Waals surface area contributed by atoms with Crippen LogP contribution in [0.1, 0.15) is 18.5 Å². The van der Waals surface area contributed by atoms with Crippen LogP contribution in [-0.2, 0) is 10.0 Å². The van der Waals surface area contributed by atoms with Crippen LogP contribution in [0.3, 0.4) is 0 Å². The Labute approximate surface area is 125 Å². The first-order valence-corrected chi connectivity index (χ1v) is 8.15. The molecule has 0 saturated heterocycles. The third kappa shape index (κ3) is 3.67. The number of benzene rings is 1. The summed E-state index contributed by atoms with van der Waals surface area (Å²) < 4.78 is 48.5. The van der Waals surface area contributed by atoms with Crippen molar-refractivity contribution in [2.24, 2.45) is 5.14 Å². The number of aromatic nitrogens is 1. The summed E-state index contributed by atoms with van der Waals surface area (Å²) in [6.45, 7) is 1.79. The van der Waals surface area contributed by atoms with Crippen LogP contribution < -0.4 is 16.0 Å². The Bertz CT molecular complexity index is 865. The highest BCUT2D eigenvalue weighted by Crippen LogP contribution is 2.23. The van der Waals surface area contributed by atoms with E-state index in [0.717, 1.165) is 12.1 Å². The van der Waals surface area contributed by atoms with E-state index in [2.05, 4.69) is 10.3 Å². The predicted molar refractivity (Wildman–Crippen MR) is 78.9 cm³/mol. The molecule has 0 bridgehead atoms. The first kappa shape index (κ1) is 16.5. The van der Waals surface area contributed by atoms with Gasteiger partial charge in [-0.05, 0) is 30.0 Å². The minimum atomic E-state index is -3.59. The number of hydrogen-bond acceptors (Lipinski definition) is 4. The molecule has 0 aliphatic heterocycles. The SMILES string of the molecule is CC(NCCS(N)(=O)=O)c1c[nH]c(=O)c2cc(F)c(F)cc12. The molecule has 2 rings (SSSR count). The standard InChI is InChI=1S/C13H15F2N3O3S/c1-7(17-2-3-22(16,20)21)10-6-18-13(19)9-5-12(15)11(14)4-8(9)10/h4-7,17H,2-3H2,1H3,(H,18,19)(H2,16,20,21). The van der Waals surface area contributed by atoms with E-state index in [4.69, 9.17) is 5.14 Å². The number of nitrogens with two attached hydrogens (primary N) is 1. The Morgan fingerprint density at radius 2 is 1.86 bits per heavy atom. The molecule has 9 heteroatoms. The van der Waals surface area contributed by atoms with Crippen LogP contribution in [0.2, 0.25) is 0 Å². The number of hydrogen-bond donors (Lipinski definition) is 3. The molecule has 1 aromatic carbocycles. The molecule has 0 amide bonds. The Morgan fingerprint density at radius 3 is 2.45 bits per heavy atom. The number of H-pyrrole nitrogens is 1. The highest BCUT2D eigenvalue weighted by atomic mass is 32.2. The van der Waals surface area contributed by atoms with Gasteiger partial charge in [-0.15, -0.1) is 0 Å². The molecule has 4 N–H and O–H groups in total. The molecule has 1 aromatic heterocycles. The second-order valence-corrected chi connectivity index (χ2v) is 6.66. The zero-order valence-corrected chi connectivity index (χ0v) is 12.5. The fourth-order valence-electron chi connectivity index (χ4n) is 2.16. The van der Waals surface area contributed by atoms with Gasteiger partial charge in [-0.1, -0.05) is 0 Å². The number of sulfonamides is 1. The van der Waals surface area contributed by atoms with Gasteiger partial charge in [0.05, 0.1) is 11.1 Å². The lowest BCUT2D eigenvalue weighted by Crippen LogP contribution is -2.29. The molecule has 2 aromatic rings. The van der Waals surface area contributed by atoms with Crippen LogP contribution in [0, 0.1) is 11.6 Å². The third-order valence-electron chi connectivity index (χ3n) is 3.28. The van der Waals surface area contributed by atoms with Gasteiger partial charge in [0.25, 0.3) is 5.56 Å². The number of primary sulfonamides is 1. The maximum Gasteiger partial charge on any atom is 0.255 e. The minimum Gasteiger partial charge on any atom is -0.328 e. The number of fused-ring (bicyclic) bond motifs is 1. The summed E-state index contributed by atoms with van der Waals surface area (Å²) in [7, 11) is -3.59. The zero-order chi connectivity index (χ0) is 16.5. The Morgan fingerprint density at radius 1 is 1.27 bits per heavy atom. The van der Waals surface area contributed by atoms with Gasteiger partial charge in [-0.3, -0.25) is 4.79 Å². The molecule has 0 aliphatic carbocycles. The van der Waals surface area contributed by atoms with E-state index in [9.17, 15) is 22.0 Å². The fraction of sp³-hybridized carbons (Fsp3) is 0.308. The van der Waals surface area contributed by atoms with E-state index in [1.54, 1.807) is 6.92 Å². The molecule has 1 atom stereocenters. The topological polar surface area (TPSA) is 105 Å². The van der Waals surface area contributed by atoms with Gasteiger partial charge >= 0.3 is 0 Å². The second-order valence-electron chi connectivity index (χ2n) is 4.93. The number of halogens is 2. The lowest BCUT2D eigenvalue weighted by Gasteiger charge is -2.16. The highest BCUT2D eigenvalue weighted by Gasteiger charge is 2.15. The molecule has 0 aliphatic rings. The molecule has 6 nitrogen and oxygen atoms in total. The maximum absolute atomic E-state index is 13.4. The largest absolute Gasteiger partial charge is 0.328 e. The summed E-state index contributed by atoms with van der Waals surface area (Å²) in [6, 6.07) is 1.39. The van der Waals surface area contributed by atoms with Gasteiger partial charge in [0.1, 0.15) is 0 Å². The summed E-state index contributed by atoms with van der Waals surface area (Å²) in [6.07, 6.45) is 1.39. The molecule has 1 unspecified atom stereocenters. The van der Waals surface area contributed by atoms with Crippen molar-refractivity contribution in [2.75, 3.05) is 12.3 Å². The van der Waals surface area contributed by atoms with Crippen LogP contribution in [0.25, 0.3) is 10.8 Å². The Balaban J connectivity index is 2.37. The molecule has 120 valence electrons. The Hall–Kier alpha value is -1.84. The minimum absolute atomic E-state index is 0.0245. The first-order chi connectivity index (χ1) is 10.2. The number of rotatable bonds is 5. The van der Waals surface area contributed by atoms with Crippen molar-refractivity contribution < 1.29 is 17.2 Å². The first-order valence-electron chi connectivity index (χ1n) is 6.43. The Kier molecular flexibility index (Phi) is 4.59. The van der Waals surface area contributed by atoms with Gasteiger partial charge in [0, 0.05) is 18.8 Å². The predicted octanol–water partition coefficient (Wildman–Crippen LogP) is 0.745. The van der Waals surface area contributed by atoms with Crippen molar-refractivity contribution in [2.45, 2.75) is 13.0 Å². The monoisotopic (exact) mass is 331 g/mol. The smallest absolute Gasteiger partial charge is 0.255 e. The van der Waals surface area contributed by atoms with Crippen molar-refractivity contribution in [3.05, 3.63) is 45.9 Å². The summed E-state index contributed by atoms with van der Waals surface area (Å²) in [5, 5.41) is 8.09. The summed E-state index contributed by atoms with van der Waals surface area (Å²) >= 11 is 0. The van der Waals surface area contributed by atoms with E-state index in [1.165, 1.54) is 6.20 Å².